The molecule has 0 saturated carbocycles. The maximum Gasteiger partial charge on any atom is 0.167 e. The molecule has 0 aliphatic carbocycles. The van der Waals surface area contributed by atoms with E-state index in [1.165, 1.54) is 18.1 Å². The highest BCUT2D eigenvalue weighted by Gasteiger charge is 2.13. The van der Waals surface area contributed by atoms with Crippen LogP contribution in [0.5, 0.6) is 5.75 Å². The molecule has 6 nitrogen and oxygen atoms in total. The monoisotopic (exact) mass is 378 g/mol. The first kappa shape index (κ1) is 17.5. The van der Waals surface area contributed by atoms with E-state index in [0.29, 0.717) is 5.75 Å². The van der Waals surface area contributed by atoms with Crippen LogP contribution in [0.3, 0.4) is 0 Å². The molecule has 4 aromatic rings. The lowest BCUT2D eigenvalue weighted by Crippen LogP contribution is -2.20. The first-order valence-corrected chi connectivity index (χ1v) is 9.52. The van der Waals surface area contributed by atoms with Crippen molar-refractivity contribution in [2.45, 2.75) is 11.1 Å². The summed E-state index contributed by atoms with van der Waals surface area (Å²) in [5.74, 6) is 1.21. The molecule has 0 radical (unpaired) electrons. The van der Waals surface area contributed by atoms with Crippen LogP contribution in [0, 0.1) is 0 Å². The number of hydrogen-bond acceptors (Lipinski definition) is 6. The molecule has 1 N–H and O–H groups in total. The zero-order valence-electron chi connectivity index (χ0n) is 14.5. The third kappa shape index (κ3) is 4.10. The van der Waals surface area contributed by atoms with Crippen LogP contribution in [0.15, 0.2) is 78.2 Å². The zero-order chi connectivity index (χ0) is 18.5. The van der Waals surface area contributed by atoms with E-state index in [4.69, 9.17) is 4.74 Å². The number of aliphatic hydroxyl groups excluding tert-OH is 1. The molecule has 0 aliphatic heterocycles. The summed E-state index contributed by atoms with van der Waals surface area (Å²) in [7, 11) is 0. The minimum Gasteiger partial charge on any atom is -0.491 e. The van der Waals surface area contributed by atoms with E-state index in [1.54, 1.807) is 10.9 Å². The van der Waals surface area contributed by atoms with Gasteiger partial charge in [0.2, 0.25) is 0 Å². The summed E-state index contributed by atoms with van der Waals surface area (Å²) in [6.45, 7) is 0.231. The summed E-state index contributed by atoms with van der Waals surface area (Å²) in [6.07, 6.45) is 2.68. The Kier molecular flexibility index (Phi) is 5.32. The summed E-state index contributed by atoms with van der Waals surface area (Å²) in [6, 6.07) is 19.3. The second-order valence-electron chi connectivity index (χ2n) is 5.90. The maximum atomic E-state index is 10.2. The average Bonchev–Trinajstić information content (AvgIpc) is 3.17. The molecule has 2 heterocycles. The molecule has 2 aromatic heterocycles. The normalized spacial score (nSPS) is 12.2. The number of nitrogens with zero attached hydrogens (tertiary/aromatic N) is 4. The van der Waals surface area contributed by atoms with E-state index in [9.17, 15) is 5.11 Å². The van der Waals surface area contributed by atoms with Crippen LogP contribution < -0.4 is 4.74 Å². The fraction of sp³-hybridized carbons (Fsp3) is 0.150. The van der Waals surface area contributed by atoms with Crippen LogP contribution in [0.1, 0.15) is 0 Å². The van der Waals surface area contributed by atoms with Crippen molar-refractivity contribution in [2.24, 2.45) is 0 Å². The summed E-state index contributed by atoms with van der Waals surface area (Å²) < 4.78 is 7.38. The Morgan fingerprint density at radius 3 is 2.52 bits per heavy atom. The predicted molar refractivity (Wildman–Crippen MR) is 105 cm³/mol. The second-order valence-corrected chi connectivity index (χ2v) is 6.91. The highest BCUT2D eigenvalue weighted by Crippen LogP contribution is 2.26. The lowest BCUT2D eigenvalue weighted by Gasteiger charge is -2.12. The van der Waals surface area contributed by atoms with E-state index in [-0.39, 0.29) is 6.61 Å². The van der Waals surface area contributed by atoms with Crippen molar-refractivity contribution in [3.05, 3.63) is 73.2 Å². The lowest BCUT2D eigenvalue weighted by molar-refractivity contribution is 0.126. The molecule has 2 aromatic carbocycles. The van der Waals surface area contributed by atoms with Gasteiger partial charge in [-0.05, 0) is 24.3 Å². The van der Waals surface area contributed by atoms with Crippen LogP contribution in [-0.4, -0.2) is 43.3 Å². The average molecular weight is 378 g/mol. The zero-order valence-corrected chi connectivity index (χ0v) is 15.3. The van der Waals surface area contributed by atoms with Crippen molar-refractivity contribution in [2.75, 3.05) is 12.4 Å². The fourth-order valence-electron chi connectivity index (χ4n) is 2.63. The predicted octanol–water partition coefficient (Wildman–Crippen LogP) is 3.35. The number of benzene rings is 2. The number of para-hydroxylation sites is 2. The Balaban J connectivity index is 1.44. The summed E-state index contributed by atoms with van der Waals surface area (Å²) in [5, 5.41) is 16.3. The minimum absolute atomic E-state index is 0.231. The second kappa shape index (κ2) is 8.20. The molecule has 27 heavy (non-hydrogen) atoms. The van der Waals surface area contributed by atoms with Gasteiger partial charge in [-0.2, -0.15) is 5.10 Å². The Hall–Kier alpha value is -2.90. The van der Waals surface area contributed by atoms with Crippen LogP contribution >= 0.6 is 11.8 Å². The van der Waals surface area contributed by atoms with Gasteiger partial charge in [0.25, 0.3) is 0 Å². The van der Waals surface area contributed by atoms with Gasteiger partial charge in [-0.15, -0.1) is 11.8 Å². The third-order valence-electron chi connectivity index (χ3n) is 3.93. The standard InChI is InChI=1S/C20H18N4O2S/c25-16(12-26-17-9-5-2-6-10-17)13-27-20-18-11-23-24(19(18)21-14-22-20)15-7-3-1-4-8-15/h1-11,14,16,25H,12-13H2. The molecule has 0 spiro atoms. The minimum atomic E-state index is -0.607. The van der Waals surface area contributed by atoms with Gasteiger partial charge in [-0.1, -0.05) is 36.4 Å². The molecule has 0 amide bonds. The number of aromatic nitrogens is 4. The van der Waals surface area contributed by atoms with Crippen molar-refractivity contribution in [1.29, 1.82) is 0 Å². The largest absolute Gasteiger partial charge is 0.491 e. The number of ether oxygens (including phenoxy) is 1. The van der Waals surface area contributed by atoms with Crippen molar-refractivity contribution in [3.8, 4) is 11.4 Å². The fourth-order valence-corrected chi connectivity index (χ4v) is 3.50. The Morgan fingerprint density at radius 2 is 1.74 bits per heavy atom. The van der Waals surface area contributed by atoms with E-state index < -0.39 is 6.10 Å². The van der Waals surface area contributed by atoms with E-state index in [1.807, 2.05) is 60.7 Å². The van der Waals surface area contributed by atoms with Gasteiger partial charge in [0.05, 0.1) is 23.4 Å². The van der Waals surface area contributed by atoms with Crippen molar-refractivity contribution < 1.29 is 9.84 Å². The molecule has 0 saturated heterocycles. The highest BCUT2D eigenvalue weighted by atomic mass is 32.2. The van der Waals surface area contributed by atoms with Crippen LogP contribution in [0.2, 0.25) is 0 Å². The van der Waals surface area contributed by atoms with Crippen molar-refractivity contribution in [3.63, 3.8) is 0 Å². The van der Waals surface area contributed by atoms with Gasteiger partial charge >= 0.3 is 0 Å². The summed E-state index contributed by atoms with van der Waals surface area (Å²) >= 11 is 1.47. The van der Waals surface area contributed by atoms with Gasteiger partial charge in [-0.3, -0.25) is 0 Å². The van der Waals surface area contributed by atoms with Gasteiger partial charge in [0.1, 0.15) is 23.7 Å². The summed E-state index contributed by atoms with van der Waals surface area (Å²) in [5.41, 5.74) is 1.69. The topological polar surface area (TPSA) is 73.1 Å². The summed E-state index contributed by atoms with van der Waals surface area (Å²) in [4.78, 5) is 8.72. The highest BCUT2D eigenvalue weighted by molar-refractivity contribution is 7.99. The Morgan fingerprint density at radius 1 is 1.00 bits per heavy atom. The quantitative estimate of drug-likeness (QED) is 0.393. The Labute approximate surface area is 160 Å². The maximum absolute atomic E-state index is 10.2. The number of fused-ring (bicyclic) bond motifs is 1. The molecule has 1 unspecified atom stereocenters. The number of hydrogen-bond donors (Lipinski definition) is 1. The Bertz CT molecular complexity index is 1010. The van der Waals surface area contributed by atoms with Gasteiger partial charge < -0.3 is 9.84 Å². The number of rotatable bonds is 7. The van der Waals surface area contributed by atoms with Gasteiger partial charge in [0.15, 0.2) is 5.65 Å². The molecule has 0 aliphatic rings. The first-order chi connectivity index (χ1) is 13.3. The van der Waals surface area contributed by atoms with Gasteiger partial charge in [0, 0.05) is 5.75 Å². The number of thioether (sulfide) groups is 1. The molecule has 7 heteroatoms. The molecule has 1 atom stereocenters. The van der Waals surface area contributed by atoms with Crippen LogP contribution in [-0.2, 0) is 0 Å². The van der Waals surface area contributed by atoms with E-state index in [2.05, 4.69) is 15.1 Å². The van der Waals surface area contributed by atoms with Crippen molar-refractivity contribution >= 4 is 22.8 Å². The van der Waals surface area contributed by atoms with Crippen LogP contribution in [0.4, 0.5) is 0 Å². The first-order valence-electron chi connectivity index (χ1n) is 8.54. The SMILES string of the molecule is OC(COc1ccccc1)CSc1ncnc2c1cnn2-c1ccccc1. The smallest absolute Gasteiger partial charge is 0.167 e. The van der Waals surface area contributed by atoms with Crippen LogP contribution in [0.25, 0.3) is 16.7 Å². The molecule has 4 rings (SSSR count). The molecule has 0 bridgehead atoms. The van der Waals surface area contributed by atoms with E-state index >= 15 is 0 Å². The third-order valence-corrected chi connectivity index (χ3v) is 5.08. The molecule has 0 fully saturated rings. The van der Waals surface area contributed by atoms with Crippen molar-refractivity contribution in [1.82, 2.24) is 19.7 Å². The van der Waals surface area contributed by atoms with Gasteiger partial charge in [-0.25, -0.2) is 14.6 Å². The molecular weight excluding hydrogens is 360 g/mol. The molecule has 136 valence electrons. The number of aliphatic hydroxyl groups is 1. The lowest BCUT2D eigenvalue weighted by atomic mass is 10.3. The molecular formula is C20H18N4O2S. The van der Waals surface area contributed by atoms with E-state index in [0.717, 1.165) is 27.5 Å².